The number of anilines is 1. The van der Waals surface area contributed by atoms with Crippen molar-refractivity contribution in [1.29, 1.82) is 0 Å². The van der Waals surface area contributed by atoms with Gasteiger partial charge in [0.1, 0.15) is 24.8 Å². The van der Waals surface area contributed by atoms with Gasteiger partial charge in [-0.1, -0.05) is 0 Å². The molecule has 1 saturated heterocycles. The molecule has 2 aromatic heterocycles. The van der Waals surface area contributed by atoms with Crippen LogP contribution in [0.25, 0.3) is 5.82 Å². The molecule has 2 aromatic rings. The van der Waals surface area contributed by atoms with Gasteiger partial charge >= 0.3 is 0 Å². The molecular formula is C13H17N7O2. The maximum Gasteiger partial charge on any atom is 0.226 e. The van der Waals surface area contributed by atoms with Crippen molar-refractivity contribution in [2.75, 3.05) is 38.3 Å². The van der Waals surface area contributed by atoms with Crippen LogP contribution in [0.15, 0.2) is 25.0 Å². The van der Waals surface area contributed by atoms with E-state index in [0.29, 0.717) is 32.1 Å². The number of rotatable bonds is 6. The molecule has 116 valence electrons. The molecule has 9 heteroatoms. The van der Waals surface area contributed by atoms with Crippen LogP contribution < -0.4 is 10.2 Å². The van der Waals surface area contributed by atoms with E-state index in [1.54, 1.807) is 18.1 Å². The summed E-state index contributed by atoms with van der Waals surface area (Å²) in [6.45, 7) is 2.35. The lowest BCUT2D eigenvalue weighted by atomic mass is 9.99. The fourth-order valence-corrected chi connectivity index (χ4v) is 2.21. The second-order valence-corrected chi connectivity index (χ2v) is 4.96. The number of nitrogens with zero attached hydrogens (tertiary/aromatic N) is 6. The minimum Gasteiger partial charge on any atom is -0.383 e. The Balaban J connectivity index is 1.57. The van der Waals surface area contributed by atoms with Crippen molar-refractivity contribution in [3.63, 3.8) is 0 Å². The highest BCUT2D eigenvalue weighted by Crippen LogP contribution is 2.23. The zero-order valence-corrected chi connectivity index (χ0v) is 12.2. The van der Waals surface area contributed by atoms with E-state index in [1.165, 1.54) is 12.7 Å². The first-order valence-corrected chi connectivity index (χ1v) is 6.96. The Labute approximate surface area is 127 Å². The molecule has 0 radical (unpaired) electrons. The molecule has 1 fully saturated rings. The van der Waals surface area contributed by atoms with Gasteiger partial charge in [0.15, 0.2) is 5.82 Å². The molecule has 0 saturated carbocycles. The third-order valence-electron chi connectivity index (χ3n) is 3.47. The molecule has 1 amide bonds. The smallest absolute Gasteiger partial charge is 0.226 e. The summed E-state index contributed by atoms with van der Waals surface area (Å²) in [6, 6.07) is 1.83. The van der Waals surface area contributed by atoms with Gasteiger partial charge in [-0.25, -0.2) is 19.6 Å². The summed E-state index contributed by atoms with van der Waals surface area (Å²) in [5.74, 6) is 1.47. The monoisotopic (exact) mass is 303 g/mol. The molecule has 9 nitrogen and oxygen atoms in total. The van der Waals surface area contributed by atoms with Crippen LogP contribution in [-0.2, 0) is 9.53 Å². The zero-order chi connectivity index (χ0) is 15.4. The molecule has 0 atom stereocenters. The van der Waals surface area contributed by atoms with E-state index in [0.717, 1.165) is 5.82 Å². The van der Waals surface area contributed by atoms with Crippen molar-refractivity contribution in [3.05, 3.63) is 25.0 Å². The van der Waals surface area contributed by atoms with Gasteiger partial charge in [0.05, 0.1) is 12.5 Å². The van der Waals surface area contributed by atoms with Gasteiger partial charge in [0, 0.05) is 32.8 Å². The van der Waals surface area contributed by atoms with E-state index in [1.807, 2.05) is 11.0 Å². The summed E-state index contributed by atoms with van der Waals surface area (Å²) in [5.41, 5.74) is 0. The third kappa shape index (κ3) is 3.03. The predicted octanol–water partition coefficient (Wildman–Crippen LogP) is -0.744. The van der Waals surface area contributed by atoms with Crippen molar-refractivity contribution < 1.29 is 9.53 Å². The molecule has 1 N–H and O–H groups in total. The number of hydrogen-bond acceptors (Lipinski definition) is 7. The summed E-state index contributed by atoms with van der Waals surface area (Å²) in [7, 11) is 1.61. The maximum absolute atomic E-state index is 11.9. The van der Waals surface area contributed by atoms with Crippen LogP contribution in [0, 0.1) is 5.92 Å². The summed E-state index contributed by atoms with van der Waals surface area (Å²) in [4.78, 5) is 26.2. The van der Waals surface area contributed by atoms with Crippen LogP contribution in [0.5, 0.6) is 0 Å². The quantitative estimate of drug-likeness (QED) is 0.701. The van der Waals surface area contributed by atoms with E-state index in [9.17, 15) is 4.79 Å². The Morgan fingerprint density at radius 1 is 1.36 bits per heavy atom. The van der Waals surface area contributed by atoms with Crippen molar-refractivity contribution in [1.82, 2.24) is 30.0 Å². The van der Waals surface area contributed by atoms with Crippen molar-refractivity contribution in [2.45, 2.75) is 0 Å². The van der Waals surface area contributed by atoms with Gasteiger partial charge < -0.3 is 15.0 Å². The molecule has 0 aromatic carbocycles. The molecule has 0 spiro atoms. The first kappa shape index (κ1) is 14.4. The average molecular weight is 303 g/mol. The molecular weight excluding hydrogens is 286 g/mol. The third-order valence-corrected chi connectivity index (χ3v) is 3.47. The molecule has 0 unspecified atom stereocenters. The van der Waals surface area contributed by atoms with Crippen LogP contribution in [0.4, 0.5) is 5.82 Å². The Hall–Kier alpha value is -2.55. The molecule has 1 aliphatic rings. The summed E-state index contributed by atoms with van der Waals surface area (Å²) in [5, 5.41) is 6.88. The SMILES string of the molecule is COCCNC(=O)C1CN(c2cc(-n3cncn3)ncn2)C1. The Bertz CT molecular complexity index is 625. The minimum atomic E-state index is -0.0124. The van der Waals surface area contributed by atoms with E-state index >= 15 is 0 Å². The van der Waals surface area contributed by atoms with Crippen LogP contribution in [0.3, 0.4) is 0 Å². The Morgan fingerprint density at radius 2 is 2.18 bits per heavy atom. The molecule has 0 bridgehead atoms. The second-order valence-electron chi connectivity index (χ2n) is 4.96. The van der Waals surface area contributed by atoms with Crippen molar-refractivity contribution >= 4 is 11.7 Å². The number of hydrogen-bond donors (Lipinski definition) is 1. The predicted molar refractivity (Wildman–Crippen MR) is 77.5 cm³/mol. The lowest BCUT2D eigenvalue weighted by Gasteiger charge is -2.39. The number of amides is 1. The topological polar surface area (TPSA) is 98.1 Å². The lowest BCUT2D eigenvalue weighted by Crippen LogP contribution is -2.54. The first-order valence-electron chi connectivity index (χ1n) is 6.96. The average Bonchev–Trinajstić information content (AvgIpc) is 3.00. The molecule has 0 aliphatic carbocycles. The highest BCUT2D eigenvalue weighted by molar-refractivity contribution is 5.81. The standard InChI is InChI=1S/C13H17N7O2/c1-22-3-2-15-13(21)10-5-19(6-10)11-4-12(17-8-16-11)20-9-14-7-18-20/h4,7-10H,2-3,5-6H2,1H3,(H,15,21). The second kappa shape index (κ2) is 6.48. The van der Waals surface area contributed by atoms with E-state index in [4.69, 9.17) is 4.74 Å². The molecule has 3 heterocycles. The summed E-state index contributed by atoms with van der Waals surface area (Å²) in [6.07, 6.45) is 4.51. The van der Waals surface area contributed by atoms with Gasteiger partial charge in [-0.2, -0.15) is 5.10 Å². The van der Waals surface area contributed by atoms with Crippen LogP contribution in [0.2, 0.25) is 0 Å². The van der Waals surface area contributed by atoms with Crippen molar-refractivity contribution in [3.8, 4) is 5.82 Å². The van der Waals surface area contributed by atoms with Gasteiger partial charge in [-0.05, 0) is 0 Å². The number of carbonyl (C=O) groups is 1. The maximum atomic E-state index is 11.9. The minimum absolute atomic E-state index is 0.0124. The van der Waals surface area contributed by atoms with E-state index in [2.05, 4.69) is 25.4 Å². The highest BCUT2D eigenvalue weighted by atomic mass is 16.5. The van der Waals surface area contributed by atoms with Gasteiger partial charge in [-0.15, -0.1) is 0 Å². The Morgan fingerprint density at radius 3 is 2.91 bits per heavy atom. The van der Waals surface area contributed by atoms with Crippen LogP contribution >= 0.6 is 0 Å². The Kier molecular flexibility index (Phi) is 4.24. The van der Waals surface area contributed by atoms with Gasteiger partial charge in [-0.3, -0.25) is 4.79 Å². The van der Waals surface area contributed by atoms with E-state index in [-0.39, 0.29) is 11.8 Å². The lowest BCUT2D eigenvalue weighted by molar-refractivity contribution is -0.125. The van der Waals surface area contributed by atoms with Gasteiger partial charge in [0.25, 0.3) is 0 Å². The normalized spacial score (nSPS) is 14.7. The number of ether oxygens (including phenoxy) is 1. The fourth-order valence-electron chi connectivity index (χ4n) is 2.21. The summed E-state index contributed by atoms with van der Waals surface area (Å²) >= 11 is 0. The summed E-state index contributed by atoms with van der Waals surface area (Å²) < 4.78 is 6.48. The fraction of sp³-hybridized carbons (Fsp3) is 0.462. The molecule has 22 heavy (non-hydrogen) atoms. The highest BCUT2D eigenvalue weighted by Gasteiger charge is 2.33. The number of nitrogens with one attached hydrogen (secondary N) is 1. The van der Waals surface area contributed by atoms with Crippen LogP contribution in [-0.4, -0.2) is 64.0 Å². The van der Waals surface area contributed by atoms with Gasteiger partial charge in [0.2, 0.25) is 5.91 Å². The zero-order valence-electron chi connectivity index (χ0n) is 12.2. The van der Waals surface area contributed by atoms with E-state index < -0.39 is 0 Å². The molecule has 1 aliphatic heterocycles. The largest absolute Gasteiger partial charge is 0.383 e. The number of carbonyl (C=O) groups excluding carboxylic acids is 1. The first-order chi connectivity index (χ1) is 10.8. The van der Waals surface area contributed by atoms with Crippen LogP contribution in [0.1, 0.15) is 0 Å². The van der Waals surface area contributed by atoms with Crippen molar-refractivity contribution in [2.24, 2.45) is 5.92 Å². The number of aromatic nitrogens is 5. The molecule has 3 rings (SSSR count). The number of methoxy groups -OCH3 is 1.